The van der Waals surface area contributed by atoms with Gasteiger partial charge in [-0.25, -0.2) is 0 Å². The van der Waals surface area contributed by atoms with Gasteiger partial charge in [0.05, 0.1) is 0 Å². The van der Waals surface area contributed by atoms with Gasteiger partial charge >= 0.3 is 0 Å². The monoisotopic (exact) mass is 258 g/mol. The van der Waals surface area contributed by atoms with Gasteiger partial charge in [0.25, 0.3) is 0 Å². The fourth-order valence-electron chi connectivity index (χ4n) is 2.02. The summed E-state index contributed by atoms with van der Waals surface area (Å²) in [5, 5.41) is 1.50. The molecule has 0 aliphatic carbocycles. The average Bonchev–Trinajstić information content (AvgIpc) is 2.26. The Morgan fingerprint density at radius 3 is 2.31 bits per heavy atom. The van der Waals surface area contributed by atoms with Crippen molar-refractivity contribution < 1.29 is 0 Å². The molecule has 0 amide bonds. The van der Waals surface area contributed by atoms with E-state index in [4.69, 9.17) is 28.9 Å². The molecule has 0 saturated carbocycles. The zero-order chi connectivity index (χ0) is 11.5. The summed E-state index contributed by atoms with van der Waals surface area (Å²) in [5.74, 6) is 0. The molecule has 16 heavy (non-hydrogen) atoms. The third kappa shape index (κ3) is 2.89. The molecule has 0 unspecified atom stereocenters. The van der Waals surface area contributed by atoms with E-state index in [0.29, 0.717) is 6.04 Å². The quantitative estimate of drug-likeness (QED) is 0.884. The molecular weight excluding hydrogens is 243 g/mol. The summed E-state index contributed by atoms with van der Waals surface area (Å²) in [7, 11) is 0. The highest BCUT2D eigenvalue weighted by Gasteiger charge is 2.17. The van der Waals surface area contributed by atoms with Gasteiger partial charge in [0.2, 0.25) is 0 Å². The normalized spacial score (nSPS) is 18.9. The number of nitrogens with zero attached hydrogens (tertiary/aromatic N) is 1. The highest BCUT2D eigenvalue weighted by molar-refractivity contribution is 6.35. The summed E-state index contributed by atoms with van der Waals surface area (Å²) >= 11 is 12.3. The van der Waals surface area contributed by atoms with Crippen LogP contribution in [0.2, 0.25) is 10.0 Å². The lowest BCUT2D eigenvalue weighted by Crippen LogP contribution is -2.39. The third-order valence-corrected chi connectivity index (χ3v) is 3.78. The summed E-state index contributed by atoms with van der Waals surface area (Å²) in [6.45, 7) is 2.89. The molecule has 0 bridgehead atoms. The fraction of sp³-hybridized carbons (Fsp3) is 0.500. The van der Waals surface area contributed by atoms with Crippen molar-refractivity contribution in [3.63, 3.8) is 0 Å². The second-order valence-corrected chi connectivity index (χ2v) is 5.13. The van der Waals surface area contributed by atoms with Gasteiger partial charge in [0, 0.05) is 28.2 Å². The Balaban J connectivity index is 2.04. The van der Waals surface area contributed by atoms with Gasteiger partial charge in [0.15, 0.2) is 0 Å². The van der Waals surface area contributed by atoms with Crippen molar-refractivity contribution in [1.29, 1.82) is 0 Å². The lowest BCUT2D eigenvalue weighted by atomic mass is 10.1. The molecule has 1 aliphatic heterocycles. The Kier molecular flexibility index (Phi) is 4.09. The topological polar surface area (TPSA) is 29.3 Å². The summed E-state index contributed by atoms with van der Waals surface area (Å²) < 4.78 is 0. The van der Waals surface area contributed by atoms with Crippen LogP contribution in [0.4, 0.5) is 0 Å². The van der Waals surface area contributed by atoms with Crippen LogP contribution in [-0.4, -0.2) is 24.0 Å². The van der Waals surface area contributed by atoms with Crippen LogP contribution in [0.25, 0.3) is 0 Å². The molecule has 2 nitrogen and oxygen atoms in total. The van der Waals surface area contributed by atoms with Crippen molar-refractivity contribution >= 4 is 23.2 Å². The molecule has 0 spiro atoms. The van der Waals surface area contributed by atoms with Gasteiger partial charge in [-0.05, 0) is 38.1 Å². The summed E-state index contributed by atoms with van der Waals surface area (Å²) in [6.07, 6.45) is 2.12. The zero-order valence-corrected chi connectivity index (χ0v) is 10.6. The minimum absolute atomic E-state index is 0.359. The number of piperidine rings is 1. The molecular formula is C12H16Cl2N2. The lowest BCUT2D eigenvalue weighted by Gasteiger charge is -2.30. The first-order chi connectivity index (χ1) is 7.66. The molecule has 0 radical (unpaired) electrons. The standard InChI is InChI=1S/C12H16Cl2N2/c13-11-2-1-3-12(14)10(11)8-16-6-4-9(15)5-7-16/h1-3,9H,4-8,15H2. The average molecular weight is 259 g/mol. The largest absolute Gasteiger partial charge is 0.328 e. The maximum Gasteiger partial charge on any atom is 0.0465 e. The molecule has 1 fully saturated rings. The van der Waals surface area contributed by atoms with Crippen molar-refractivity contribution in [3.05, 3.63) is 33.8 Å². The minimum Gasteiger partial charge on any atom is -0.328 e. The molecule has 1 aliphatic rings. The molecule has 0 atom stereocenters. The van der Waals surface area contributed by atoms with E-state index in [1.165, 1.54) is 0 Å². The minimum atomic E-state index is 0.359. The summed E-state index contributed by atoms with van der Waals surface area (Å²) in [4.78, 5) is 2.36. The van der Waals surface area contributed by atoms with Gasteiger partial charge in [-0.2, -0.15) is 0 Å². The summed E-state index contributed by atoms with van der Waals surface area (Å²) in [5.41, 5.74) is 6.90. The van der Waals surface area contributed by atoms with E-state index >= 15 is 0 Å². The van der Waals surface area contributed by atoms with E-state index in [0.717, 1.165) is 48.1 Å². The first-order valence-corrected chi connectivity index (χ1v) is 6.33. The highest BCUT2D eigenvalue weighted by atomic mass is 35.5. The summed E-state index contributed by atoms with van der Waals surface area (Å²) in [6, 6.07) is 6.01. The number of hydrogen-bond donors (Lipinski definition) is 1. The second-order valence-electron chi connectivity index (χ2n) is 4.31. The SMILES string of the molecule is NC1CCN(Cc2c(Cl)cccc2Cl)CC1. The number of likely N-dealkylation sites (tertiary alicyclic amines) is 1. The Labute approximate surface area is 106 Å². The first-order valence-electron chi connectivity index (χ1n) is 5.57. The van der Waals surface area contributed by atoms with Crippen LogP contribution in [0, 0.1) is 0 Å². The van der Waals surface area contributed by atoms with E-state index < -0.39 is 0 Å². The molecule has 1 saturated heterocycles. The van der Waals surface area contributed by atoms with Gasteiger partial charge in [-0.1, -0.05) is 29.3 Å². The van der Waals surface area contributed by atoms with Gasteiger partial charge in [-0.15, -0.1) is 0 Å². The number of rotatable bonds is 2. The maximum absolute atomic E-state index is 6.14. The van der Waals surface area contributed by atoms with E-state index in [9.17, 15) is 0 Å². The smallest absolute Gasteiger partial charge is 0.0465 e. The fourth-order valence-corrected chi connectivity index (χ4v) is 2.54. The number of nitrogens with two attached hydrogens (primary N) is 1. The second kappa shape index (κ2) is 5.37. The molecule has 2 N–H and O–H groups in total. The third-order valence-electron chi connectivity index (χ3n) is 3.08. The Bertz CT molecular complexity index is 340. The zero-order valence-electron chi connectivity index (χ0n) is 9.13. The van der Waals surface area contributed by atoms with Crippen LogP contribution >= 0.6 is 23.2 Å². The van der Waals surface area contributed by atoms with E-state index in [-0.39, 0.29) is 0 Å². The van der Waals surface area contributed by atoms with Crippen LogP contribution in [0.1, 0.15) is 18.4 Å². The van der Waals surface area contributed by atoms with Crippen molar-refractivity contribution in [2.75, 3.05) is 13.1 Å². The predicted molar refractivity (Wildman–Crippen MR) is 68.9 cm³/mol. The molecule has 2 rings (SSSR count). The van der Waals surface area contributed by atoms with E-state index in [2.05, 4.69) is 4.90 Å². The molecule has 1 aromatic carbocycles. The van der Waals surface area contributed by atoms with Crippen LogP contribution < -0.4 is 5.73 Å². The van der Waals surface area contributed by atoms with Gasteiger partial charge < -0.3 is 5.73 Å². The molecule has 4 heteroatoms. The molecule has 1 heterocycles. The highest BCUT2D eigenvalue weighted by Crippen LogP contribution is 2.26. The van der Waals surface area contributed by atoms with Gasteiger partial charge in [-0.3, -0.25) is 4.90 Å². The predicted octanol–water partition coefficient (Wildman–Crippen LogP) is 2.92. The number of halogens is 2. The van der Waals surface area contributed by atoms with E-state index in [1.807, 2.05) is 18.2 Å². The van der Waals surface area contributed by atoms with Crippen molar-refractivity contribution in [1.82, 2.24) is 4.90 Å². The molecule has 88 valence electrons. The Morgan fingerprint density at radius 2 is 1.75 bits per heavy atom. The van der Waals surface area contributed by atoms with Crippen LogP contribution in [0.15, 0.2) is 18.2 Å². The Hall–Kier alpha value is -0.280. The molecule has 0 aromatic heterocycles. The molecule has 1 aromatic rings. The van der Waals surface area contributed by atoms with Gasteiger partial charge in [0.1, 0.15) is 0 Å². The van der Waals surface area contributed by atoms with Crippen LogP contribution in [0.5, 0.6) is 0 Å². The van der Waals surface area contributed by atoms with Crippen LogP contribution in [-0.2, 0) is 6.54 Å². The first kappa shape index (κ1) is 12.2. The van der Waals surface area contributed by atoms with Crippen molar-refractivity contribution in [2.45, 2.75) is 25.4 Å². The number of hydrogen-bond acceptors (Lipinski definition) is 2. The number of benzene rings is 1. The van der Waals surface area contributed by atoms with E-state index in [1.54, 1.807) is 0 Å². The van der Waals surface area contributed by atoms with Crippen molar-refractivity contribution in [3.8, 4) is 0 Å². The van der Waals surface area contributed by atoms with Crippen LogP contribution in [0.3, 0.4) is 0 Å². The maximum atomic E-state index is 6.14. The van der Waals surface area contributed by atoms with Crippen molar-refractivity contribution in [2.24, 2.45) is 5.73 Å². The Morgan fingerprint density at radius 1 is 1.19 bits per heavy atom. The lowest BCUT2D eigenvalue weighted by molar-refractivity contribution is 0.206.